The molecule has 0 aromatic carbocycles. The summed E-state index contributed by atoms with van der Waals surface area (Å²) in [7, 11) is 0. The molecule has 1 rings (SSSR count). The van der Waals surface area contributed by atoms with Crippen LogP contribution in [0.3, 0.4) is 0 Å². The van der Waals surface area contributed by atoms with Gasteiger partial charge in [-0.25, -0.2) is 0 Å². The highest BCUT2D eigenvalue weighted by Crippen LogP contribution is 2.73. The molecule has 1 fully saturated rings. The van der Waals surface area contributed by atoms with Crippen molar-refractivity contribution in [1.82, 2.24) is 0 Å². The monoisotopic (exact) mass is 272 g/mol. The van der Waals surface area contributed by atoms with Crippen LogP contribution < -0.4 is 0 Å². The van der Waals surface area contributed by atoms with E-state index in [-0.39, 0.29) is 36.4 Å². The summed E-state index contributed by atoms with van der Waals surface area (Å²) < 4.78 is 5.03. The molecule has 5 nitrogen and oxygen atoms in total. The molecule has 1 aliphatic rings. The van der Waals surface area contributed by atoms with Crippen LogP contribution in [0, 0.1) is 16.2 Å². The molecule has 2 unspecified atom stereocenters. The predicted molar refractivity (Wildman–Crippen MR) is 69.5 cm³/mol. The van der Waals surface area contributed by atoms with Crippen LogP contribution in [-0.2, 0) is 14.3 Å². The molecule has 2 atom stereocenters. The zero-order valence-electron chi connectivity index (χ0n) is 12.2. The lowest BCUT2D eigenvalue weighted by Gasteiger charge is -2.35. The van der Waals surface area contributed by atoms with Crippen molar-refractivity contribution in [3.05, 3.63) is 0 Å². The van der Waals surface area contributed by atoms with Crippen LogP contribution in [0.2, 0.25) is 0 Å². The summed E-state index contributed by atoms with van der Waals surface area (Å²) >= 11 is 0. The zero-order valence-corrected chi connectivity index (χ0v) is 12.2. The minimum Gasteiger partial charge on any atom is -0.481 e. The largest absolute Gasteiger partial charge is 0.481 e. The number of carboxylic acid groups (broad SMARTS) is 1. The highest BCUT2D eigenvalue weighted by atomic mass is 16.5. The Labute approximate surface area is 114 Å². The van der Waals surface area contributed by atoms with Gasteiger partial charge in [0.1, 0.15) is 6.61 Å². The van der Waals surface area contributed by atoms with E-state index in [1.54, 1.807) is 0 Å². The number of carboxylic acids is 1. The number of aliphatic hydroxyl groups is 1. The first-order valence-corrected chi connectivity index (χ1v) is 6.61. The third-order valence-electron chi connectivity index (χ3n) is 5.03. The second-order valence-corrected chi connectivity index (χ2v) is 6.48. The molecule has 0 aromatic heterocycles. The molecule has 0 bridgehead atoms. The van der Waals surface area contributed by atoms with Crippen molar-refractivity contribution in [2.24, 2.45) is 16.2 Å². The van der Waals surface area contributed by atoms with E-state index in [9.17, 15) is 9.59 Å². The molecule has 0 aliphatic heterocycles. The van der Waals surface area contributed by atoms with Gasteiger partial charge < -0.3 is 14.9 Å². The van der Waals surface area contributed by atoms with E-state index >= 15 is 0 Å². The Kier molecular flexibility index (Phi) is 4.30. The van der Waals surface area contributed by atoms with Crippen LogP contribution >= 0.6 is 0 Å². The van der Waals surface area contributed by atoms with Gasteiger partial charge in [0.15, 0.2) is 0 Å². The van der Waals surface area contributed by atoms with Gasteiger partial charge in [0.25, 0.3) is 0 Å². The van der Waals surface area contributed by atoms with Crippen LogP contribution in [0.5, 0.6) is 0 Å². The molecule has 0 heterocycles. The van der Waals surface area contributed by atoms with Crippen molar-refractivity contribution in [3.8, 4) is 0 Å². The summed E-state index contributed by atoms with van der Waals surface area (Å²) in [4.78, 5) is 22.7. The fourth-order valence-electron chi connectivity index (χ4n) is 2.94. The number of aliphatic hydroxyl groups excluding tert-OH is 1. The lowest BCUT2D eigenvalue weighted by atomic mass is 9.69. The van der Waals surface area contributed by atoms with Crippen molar-refractivity contribution in [2.75, 3.05) is 13.2 Å². The minimum absolute atomic E-state index is 0.0139. The molecule has 0 aromatic rings. The van der Waals surface area contributed by atoms with Crippen LogP contribution in [0.4, 0.5) is 0 Å². The van der Waals surface area contributed by atoms with E-state index in [2.05, 4.69) is 0 Å². The molecule has 0 spiro atoms. The normalized spacial score (nSPS) is 29.9. The number of esters is 1. The summed E-state index contributed by atoms with van der Waals surface area (Å²) in [5, 5.41) is 17.5. The highest BCUT2D eigenvalue weighted by molar-refractivity contribution is 5.81. The van der Waals surface area contributed by atoms with Crippen LogP contribution in [0.15, 0.2) is 0 Å². The zero-order chi connectivity index (χ0) is 14.9. The topological polar surface area (TPSA) is 83.8 Å². The number of hydrogen-bond donors (Lipinski definition) is 2. The number of carbonyl (C=O) groups excluding carboxylic acids is 1. The van der Waals surface area contributed by atoms with E-state index < -0.39 is 11.4 Å². The number of aliphatic carboxylic acids is 1. The highest BCUT2D eigenvalue weighted by Gasteiger charge is 2.72. The molecule has 1 aliphatic carbocycles. The fraction of sp³-hybridized carbons (Fsp3) is 0.857. The molecular weight excluding hydrogens is 248 g/mol. The van der Waals surface area contributed by atoms with Crippen molar-refractivity contribution < 1.29 is 24.5 Å². The molecule has 0 amide bonds. The Morgan fingerprint density at radius 2 is 1.89 bits per heavy atom. The SMILES string of the molecule is CC(C)(CCC(=O)O)C1(C)CC1(C)C(=O)OCCO. The molecule has 0 radical (unpaired) electrons. The molecule has 1 saturated carbocycles. The number of hydrogen-bond acceptors (Lipinski definition) is 4. The summed E-state index contributed by atoms with van der Waals surface area (Å²) in [6.07, 6.45) is 1.32. The summed E-state index contributed by atoms with van der Waals surface area (Å²) in [5.41, 5.74) is -1.09. The Hall–Kier alpha value is -1.10. The minimum atomic E-state index is -0.818. The standard InChI is InChI=1S/C14H24O5/c1-12(2,6-5-10(16)17)14(4)9-13(14,3)11(18)19-8-7-15/h15H,5-9H2,1-4H3,(H,16,17). The maximum Gasteiger partial charge on any atom is 0.312 e. The van der Waals surface area contributed by atoms with Gasteiger partial charge in [-0.1, -0.05) is 20.8 Å². The molecule has 110 valence electrons. The first kappa shape index (κ1) is 16.0. The summed E-state index contributed by atoms with van der Waals surface area (Å²) in [6.45, 7) is 7.70. The van der Waals surface area contributed by atoms with Gasteiger partial charge in [-0.3, -0.25) is 9.59 Å². The smallest absolute Gasteiger partial charge is 0.312 e. The average Bonchev–Trinajstić information content (AvgIpc) is 2.90. The second-order valence-electron chi connectivity index (χ2n) is 6.48. The van der Waals surface area contributed by atoms with Gasteiger partial charge in [-0.15, -0.1) is 0 Å². The Balaban J connectivity index is 2.73. The summed E-state index contributed by atoms with van der Waals surface area (Å²) in [5.74, 6) is -1.12. The Bertz CT molecular complexity index is 376. The molecule has 0 saturated heterocycles. The first-order chi connectivity index (χ1) is 8.60. The number of ether oxygens (including phenoxy) is 1. The first-order valence-electron chi connectivity index (χ1n) is 6.61. The number of carbonyl (C=O) groups is 2. The third kappa shape index (κ3) is 2.76. The van der Waals surface area contributed by atoms with Gasteiger partial charge in [-0.2, -0.15) is 0 Å². The van der Waals surface area contributed by atoms with Gasteiger partial charge in [0.2, 0.25) is 0 Å². The van der Waals surface area contributed by atoms with E-state index in [0.717, 1.165) is 0 Å². The Morgan fingerprint density at radius 1 is 1.32 bits per heavy atom. The Morgan fingerprint density at radius 3 is 2.37 bits per heavy atom. The molecule has 2 N–H and O–H groups in total. The fourth-order valence-corrected chi connectivity index (χ4v) is 2.94. The molecular formula is C14H24O5. The maximum absolute atomic E-state index is 12.0. The number of rotatable bonds is 7. The lowest BCUT2D eigenvalue weighted by Crippen LogP contribution is -2.33. The quantitative estimate of drug-likeness (QED) is 0.691. The van der Waals surface area contributed by atoms with E-state index in [1.165, 1.54) is 0 Å². The average molecular weight is 272 g/mol. The van der Waals surface area contributed by atoms with Gasteiger partial charge >= 0.3 is 11.9 Å². The third-order valence-corrected chi connectivity index (χ3v) is 5.03. The molecule has 19 heavy (non-hydrogen) atoms. The van der Waals surface area contributed by atoms with Crippen molar-refractivity contribution in [1.29, 1.82) is 0 Å². The molecule has 5 heteroatoms. The second kappa shape index (κ2) is 5.12. The van der Waals surface area contributed by atoms with Crippen molar-refractivity contribution in [3.63, 3.8) is 0 Å². The van der Waals surface area contributed by atoms with Gasteiger partial charge in [0.05, 0.1) is 12.0 Å². The lowest BCUT2D eigenvalue weighted by molar-refractivity contribution is -0.153. The van der Waals surface area contributed by atoms with E-state index in [1.807, 2.05) is 27.7 Å². The van der Waals surface area contributed by atoms with E-state index in [0.29, 0.717) is 12.8 Å². The van der Waals surface area contributed by atoms with Crippen LogP contribution in [0.25, 0.3) is 0 Å². The summed E-state index contributed by atoms with van der Waals surface area (Å²) in [6, 6.07) is 0. The van der Waals surface area contributed by atoms with E-state index in [4.69, 9.17) is 14.9 Å². The van der Waals surface area contributed by atoms with Gasteiger partial charge in [-0.05, 0) is 30.6 Å². The van der Waals surface area contributed by atoms with Crippen molar-refractivity contribution >= 4 is 11.9 Å². The van der Waals surface area contributed by atoms with Crippen LogP contribution in [0.1, 0.15) is 47.0 Å². The van der Waals surface area contributed by atoms with Crippen LogP contribution in [-0.4, -0.2) is 35.4 Å². The van der Waals surface area contributed by atoms with Gasteiger partial charge in [0, 0.05) is 6.42 Å². The van der Waals surface area contributed by atoms with Crippen molar-refractivity contribution in [2.45, 2.75) is 47.0 Å². The predicted octanol–water partition coefficient (Wildman–Crippen LogP) is 1.83. The maximum atomic E-state index is 12.0.